The molecule has 1 aromatic heterocycles. The maximum Gasteiger partial charge on any atom is 0.248 e. The van der Waals surface area contributed by atoms with Gasteiger partial charge in [-0.2, -0.15) is 0 Å². The molecule has 3 aromatic rings. The molecule has 226 valence electrons. The van der Waals surface area contributed by atoms with Gasteiger partial charge in [-0.05, 0) is 41.0 Å². The number of benzene rings is 2. The number of halogens is 3. The van der Waals surface area contributed by atoms with Gasteiger partial charge in [0.25, 0.3) is 0 Å². The van der Waals surface area contributed by atoms with E-state index >= 15 is 0 Å². The van der Waals surface area contributed by atoms with Crippen molar-refractivity contribution in [2.24, 2.45) is 10.9 Å². The summed E-state index contributed by atoms with van der Waals surface area (Å²) in [6.45, 7) is 18.0. The third-order valence-electron chi connectivity index (χ3n) is 5.55. The Balaban J connectivity index is 0.000000696. The number of aliphatic hydroxyl groups is 1. The maximum absolute atomic E-state index is 14.0. The molecule has 0 bridgehead atoms. The zero-order valence-electron chi connectivity index (χ0n) is 25.4. The molecule has 0 spiro atoms. The van der Waals surface area contributed by atoms with Crippen LogP contribution in [-0.4, -0.2) is 34.8 Å². The molecule has 41 heavy (non-hydrogen) atoms. The normalized spacial score (nSPS) is 10.9. The highest BCUT2D eigenvalue weighted by Crippen LogP contribution is 2.33. The van der Waals surface area contributed by atoms with Gasteiger partial charge in [0, 0.05) is 41.0 Å². The summed E-state index contributed by atoms with van der Waals surface area (Å²) in [5.41, 5.74) is 2.16. The van der Waals surface area contributed by atoms with Crippen molar-refractivity contribution in [3.63, 3.8) is 0 Å². The lowest BCUT2D eigenvalue weighted by molar-refractivity contribution is 0.186. The number of nitrogens with one attached hydrogen (secondary N) is 1. The Morgan fingerprint density at radius 2 is 1.73 bits per heavy atom. The molecule has 3 N–H and O–H groups in total. The SMILES string of the molecule is C=Cc1c(F)c(O)cc(/C=C/O)c1C(=NC)C(C)C.CC.CC.CC(C)c1[nH]c(=O)cc2ccc(F)c(OCF)c12. The monoisotopic (exact) mass is 576 g/mol. The van der Waals surface area contributed by atoms with Gasteiger partial charge >= 0.3 is 0 Å². The van der Waals surface area contributed by atoms with Crippen LogP contribution in [0, 0.1) is 17.6 Å². The number of phenols is 1. The first kappa shape index (κ1) is 37.0. The van der Waals surface area contributed by atoms with E-state index in [0.717, 1.165) is 12.3 Å². The van der Waals surface area contributed by atoms with Crippen LogP contribution in [0.4, 0.5) is 13.2 Å². The second-order valence-corrected chi connectivity index (χ2v) is 8.67. The average molecular weight is 577 g/mol. The third-order valence-corrected chi connectivity index (χ3v) is 5.55. The summed E-state index contributed by atoms with van der Waals surface area (Å²) in [7, 11) is 1.62. The number of aromatic nitrogens is 1. The summed E-state index contributed by atoms with van der Waals surface area (Å²) in [6, 6.07) is 5.25. The Labute approximate surface area is 240 Å². The highest BCUT2D eigenvalue weighted by Gasteiger charge is 2.20. The van der Waals surface area contributed by atoms with E-state index in [9.17, 15) is 23.1 Å². The molecule has 2 aromatic carbocycles. The summed E-state index contributed by atoms with van der Waals surface area (Å²) in [4.78, 5) is 18.3. The predicted octanol–water partition coefficient (Wildman–Crippen LogP) is 8.93. The average Bonchev–Trinajstić information content (AvgIpc) is 2.95. The Bertz CT molecular complexity index is 1390. The molecule has 0 amide bonds. The number of aliphatic imine (C=N–C) groups is 1. The molecule has 0 saturated carbocycles. The van der Waals surface area contributed by atoms with Crippen LogP contribution >= 0.6 is 0 Å². The number of H-pyrrole nitrogens is 1. The number of hydrogen-bond donors (Lipinski definition) is 3. The number of rotatable bonds is 7. The molecule has 3 rings (SSSR count). The largest absolute Gasteiger partial charge is 0.516 e. The lowest BCUT2D eigenvalue weighted by Gasteiger charge is -2.17. The summed E-state index contributed by atoms with van der Waals surface area (Å²) in [5.74, 6) is -1.99. The fourth-order valence-electron chi connectivity index (χ4n) is 4.01. The fraction of sp³-hybridized carbons (Fsp3) is 0.375. The van der Waals surface area contributed by atoms with Gasteiger partial charge in [-0.3, -0.25) is 9.79 Å². The molecule has 0 radical (unpaired) electrons. The van der Waals surface area contributed by atoms with Gasteiger partial charge in [0.2, 0.25) is 12.4 Å². The predicted molar refractivity (Wildman–Crippen MR) is 165 cm³/mol. The highest BCUT2D eigenvalue weighted by molar-refractivity contribution is 6.07. The number of alkyl halides is 1. The zero-order chi connectivity index (χ0) is 31.9. The number of nitrogens with zero attached hydrogens (tertiary/aromatic N) is 1. The van der Waals surface area contributed by atoms with Gasteiger partial charge in [-0.15, -0.1) is 0 Å². The quantitative estimate of drug-likeness (QED) is 0.193. The van der Waals surface area contributed by atoms with E-state index in [1.807, 2.05) is 55.4 Å². The highest BCUT2D eigenvalue weighted by atomic mass is 19.1. The van der Waals surface area contributed by atoms with Crippen LogP contribution in [0.15, 0.2) is 46.9 Å². The van der Waals surface area contributed by atoms with Crippen LogP contribution in [-0.2, 0) is 0 Å². The van der Waals surface area contributed by atoms with Gasteiger partial charge in [0.05, 0.1) is 6.26 Å². The van der Waals surface area contributed by atoms with Crippen molar-refractivity contribution in [3.8, 4) is 11.5 Å². The summed E-state index contributed by atoms with van der Waals surface area (Å²) in [5, 5.41) is 19.5. The number of fused-ring (bicyclic) bond motifs is 1. The first-order valence-corrected chi connectivity index (χ1v) is 13.5. The molecule has 0 fully saturated rings. The van der Waals surface area contributed by atoms with Gasteiger partial charge in [0.15, 0.2) is 23.1 Å². The van der Waals surface area contributed by atoms with Crippen LogP contribution in [0.1, 0.15) is 83.7 Å². The van der Waals surface area contributed by atoms with E-state index < -0.39 is 24.2 Å². The molecule has 0 aliphatic carbocycles. The fourth-order valence-corrected chi connectivity index (χ4v) is 4.01. The lowest BCUT2D eigenvalue weighted by atomic mass is 9.90. The van der Waals surface area contributed by atoms with E-state index in [0.29, 0.717) is 33.3 Å². The van der Waals surface area contributed by atoms with E-state index in [-0.39, 0.29) is 28.7 Å². The van der Waals surface area contributed by atoms with Gasteiger partial charge < -0.3 is 19.9 Å². The Morgan fingerprint density at radius 3 is 2.20 bits per heavy atom. The van der Waals surface area contributed by atoms with Gasteiger partial charge in [-0.25, -0.2) is 13.2 Å². The van der Waals surface area contributed by atoms with Crippen molar-refractivity contribution in [1.29, 1.82) is 0 Å². The minimum Gasteiger partial charge on any atom is -0.516 e. The molecule has 0 aliphatic rings. The minimum absolute atomic E-state index is 0.0369. The summed E-state index contributed by atoms with van der Waals surface area (Å²) in [6.07, 6.45) is 3.57. The van der Waals surface area contributed by atoms with Crippen molar-refractivity contribution in [2.75, 3.05) is 13.9 Å². The topological polar surface area (TPSA) is 94.9 Å². The van der Waals surface area contributed by atoms with Crippen molar-refractivity contribution in [3.05, 3.63) is 81.5 Å². The standard InChI is InChI=1S/C15H18FNO2.C13H13F2NO2.2C2H6/c1-5-11-13(15(17-4)9(2)3)10(6-7-18)8-12(19)14(11)16;1-7(2)12-11-8(5-10(17)16-12)3-4-9(15)13(11)18-6-14;2*1-2/h5-9,18-19H,1H2,2-4H3;3-5,7H,6H2,1-2H3,(H,16,17);2*1-2H3/b7-6+,17-15?;;;. The number of ether oxygens (including phenoxy) is 1. The second-order valence-electron chi connectivity index (χ2n) is 8.67. The van der Waals surface area contributed by atoms with Crippen molar-refractivity contribution in [2.45, 2.75) is 61.3 Å². The number of hydrogen-bond acceptors (Lipinski definition) is 5. The maximum atomic E-state index is 14.0. The third kappa shape index (κ3) is 9.27. The number of aliphatic hydroxyl groups excluding tert-OH is 1. The molecule has 6 nitrogen and oxygen atoms in total. The van der Waals surface area contributed by atoms with Crippen LogP contribution < -0.4 is 10.3 Å². The van der Waals surface area contributed by atoms with Gasteiger partial charge in [0.1, 0.15) is 0 Å². The van der Waals surface area contributed by atoms with Gasteiger partial charge in [-0.1, -0.05) is 74.1 Å². The lowest BCUT2D eigenvalue weighted by Crippen LogP contribution is -2.14. The molecule has 9 heteroatoms. The second kappa shape index (κ2) is 18.4. The van der Waals surface area contributed by atoms with Crippen LogP contribution in [0.5, 0.6) is 11.5 Å². The number of aromatic hydroxyl groups is 1. The summed E-state index contributed by atoms with van der Waals surface area (Å²) >= 11 is 0. The molecule has 1 heterocycles. The molecule has 0 saturated heterocycles. The Morgan fingerprint density at radius 1 is 1.12 bits per heavy atom. The number of pyridine rings is 1. The minimum atomic E-state index is -1.12. The van der Waals surface area contributed by atoms with E-state index in [1.54, 1.807) is 7.05 Å². The first-order valence-electron chi connectivity index (χ1n) is 13.5. The van der Waals surface area contributed by atoms with Crippen molar-refractivity contribution >= 4 is 28.6 Å². The van der Waals surface area contributed by atoms with E-state index in [1.165, 1.54) is 30.4 Å². The first-order chi connectivity index (χ1) is 19.5. The Hall–Kier alpha value is -4.01. The smallest absolute Gasteiger partial charge is 0.248 e. The molecule has 0 atom stereocenters. The van der Waals surface area contributed by atoms with Crippen LogP contribution in [0.25, 0.3) is 22.9 Å². The van der Waals surface area contributed by atoms with Crippen molar-refractivity contribution in [1.82, 2.24) is 4.98 Å². The van der Waals surface area contributed by atoms with Crippen molar-refractivity contribution < 1.29 is 28.1 Å². The number of aromatic amines is 1. The molecule has 0 unspecified atom stereocenters. The van der Waals surface area contributed by atoms with Crippen LogP contribution in [0.2, 0.25) is 0 Å². The number of phenolic OH excluding ortho intramolecular Hbond substituents is 1. The van der Waals surface area contributed by atoms with E-state index in [2.05, 4.69) is 16.6 Å². The van der Waals surface area contributed by atoms with Crippen LogP contribution in [0.3, 0.4) is 0 Å². The molecular weight excluding hydrogens is 533 g/mol. The zero-order valence-corrected chi connectivity index (χ0v) is 25.4. The Kier molecular flexibility index (Phi) is 16.6. The summed E-state index contributed by atoms with van der Waals surface area (Å²) < 4.78 is 44.7. The molecule has 0 aliphatic heterocycles. The van der Waals surface area contributed by atoms with E-state index in [4.69, 9.17) is 9.84 Å². The molecular formula is C32H43F3N2O4.